The van der Waals surface area contributed by atoms with Crippen LogP contribution in [0.5, 0.6) is 0 Å². The van der Waals surface area contributed by atoms with Crippen LogP contribution in [0.4, 0.5) is 5.82 Å². The molecule has 0 amide bonds. The molecule has 4 nitrogen and oxygen atoms in total. The minimum Gasteiger partial charge on any atom is -0.391 e. The van der Waals surface area contributed by atoms with E-state index in [4.69, 9.17) is 5.26 Å². The lowest BCUT2D eigenvalue weighted by molar-refractivity contribution is 0.0965. The van der Waals surface area contributed by atoms with E-state index in [1.165, 1.54) is 12.8 Å². The van der Waals surface area contributed by atoms with Crippen molar-refractivity contribution in [3.05, 3.63) is 23.9 Å². The van der Waals surface area contributed by atoms with Gasteiger partial charge in [0.2, 0.25) is 0 Å². The fourth-order valence-electron chi connectivity index (χ4n) is 4.30. The van der Waals surface area contributed by atoms with Crippen molar-refractivity contribution in [2.45, 2.75) is 25.0 Å². The predicted molar refractivity (Wildman–Crippen MR) is 65.8 cm³/mol. The van der Waals surface area contributed by atoms with Gasteiger partial charge in [-0.25, -0.2) is 4.98 Å². The summed E-state index contributed by atoms with van der Waals surface area (Å²) in [5.74, 6) is 2.81. The van der Waals surface area contributed by atoms with E-state index in [2.05, 4.69) is 16.0 Å². The number of aliphatic hydroxyl groups excluding tert-OH is 1. The maximum atomic E-state index is 10.3. The molecule has 2 bridgehead atoms. The number of fused-ring (bicyclic) bond motifs is 1. The Morgan fingerprint density at radius 1 is 1.33 bits per heavy atom. The van der Waals surface area contributed by atoms with Gasteiger partial charge in [0.15, 0.2) is 0 Å². The topological polar surface area (TPSA) is 60.2 Å². The maximum absolute atomic E-state index is 10.3. The van der Waals surface area contributed by atoms with Crippen LogP contribution in [0.3, 0.4) is 0 Å². The molecule has 1 aromatic rings. The number of aliphatic hydroxyl groups is 1. The van der Waals surface area contributed by atoms with Gasteiger partial charge in [-0.2, -0.15) is 5.26 Å². The monoisotopic (exact) mass is 241 g/mol. The van der Waals surface area contributed by atoms with Crippen LogP contribution in [0.2, 0.25) is 0 Å². The molecular weight excluding hydrogens is 226 g/mol. The molecule has 1 aromatic heterocycles. The molecule has 1 aliphatic heterocycles. The number of nitrogens with zero attached hydrogens (tertiary/aromatic N) is 3. The number of rotatable bonds is 1. The van der Waals surface area contributed by atoms with Gasteiger partial charge in [-0.05, 0) is 42.7 Å². The zero-order valence-electron chi connectivity index (χ0n) is 10.0. The second-order valence-electron chi connectivity index (χ2n) is 5.81. The molecule has 18 heavy (non-hydrogen) atoms. The van der Waals surface area contributed by atoms with Gasteiger partial charge in [-0.3, -0.25) is 0 Å². The van der Waals surface area contributed by atoms with E-state index in [-0.39, 0.29) is 12.1 Å². The lowest BCUT2D eigenvalue weighted by atomic mass is 9.88. The number of hydrogen-bond acceptors (Lipinski definition) is 4. The van der Waals surface area contributed by atoms with Crippen LogP contribution in [0.15, 0.2) is 18.3 Å². The highest BCUT2D eigenvalue weighted by Gasteiger charge is 2.59. The van der Waals surface area contributed by atoms with Gasteiger partial charge in [0.1, 0.15) is 11.9 Å². The molecular formula is C14H15N3O. The summed E-state index contributed by atoms with van der Waals surface area (Å²) in [4.78, 5) is 6.63. The van der Waals surface area contributed by atoms with Gasteiger partial charge >= 0.3 is 0 Å². The van der Waals surface area contributed by atoms with Crippen LogP contribution in [0, 0.1) is 29.1 Å². The largest absolute Gasteiger partial charge is 0.391 e. The van der Waals surface area contributed by atoms with Crippen molar-refractivity contribution >= 4 is 5.82 Å². The van der Waals surface area contributed by atoms with Gasteiger partial charge in [-0.1, -0.05) is 0 Å². The minimum absolute atomic E-state index is 0.189. The second-order valence-corrected chi connectivity index (χ2v) is 5.81. The third-order valence-corrected chi connectivity index (χ3v) is 5.02. The Morgan fingerprint density at radius 3 is 2.89 bits per heavy atom. The zero-order chi connectivity index (χ0) is 12.3. The van der Waals surface area contributed by atoms with Crippen LogP contribution >= 0.6 is 0 Å². The molecule has 0 radical (unpaired) electrons. The van der Waals surface area contributed by atoms with Crippen LogP contribution in [0.25, 0.3) is 0 Å². The van der Waals surface area contributed by atoms with Gasteiger partial charge in [0.25, 0.3) is 0 Å². The molecule has 1 saturated heterocycles. The second kappa shape index (κ2) is 3.46. The molecule has 4 heteroatoms. The van der Waals surface area contributed by atoms with Crippen molar-refractivity contribution in [3.8, 4) is 6.07 Å². The summed E-state index contributed by atoms with van der Waals surface area (Å²) >= 11 is 0. The summed E-state index contributed by atoms with van der Waals surface area (Å²) < 4.78 is 0. The third-order valence-electron chi connectivity index (χ3n) is 5.02. The van der Waals surface area contributed by atoms with E-state index in [9.17, 15) is 5.11 Å². The molecule has 0 unspecified atom stereocenters. The fourth-order valence-corrected chi connectivity index (χ4v) is 4.30. The highest BCUT2D eigenvalue weighted by molar-refractivity contribution is 5.46. The molecule has 0 spiro atoms. The Bertz CT molecular complexity index is 519. The molecule has 4 rings (SSSR count). The lowest BCUT2D eigenvalue weighted by Crippen LogP contribution is -2.41. The molecule has 2 aliphatic carbocycles. The molecule has 2 saturated carbocycles. The van der Waals surface area contributed by atoms with E-state index < -0.39 is 0 Å². The summed E-state index contributed by atoms with van der Waals surface area (Å²) in [6.45, 7) is 1.02. The predicted octanol–water partition coefficient (Wildman–Crippen LogP) is 1.16. The van der Waals surface area contributed by atoms with Crippen molar-refractivity contribution in [1.29, 1.82) is 5.26 Å². The first-order chi connectivity index (χ1) is 8.78. The van der Waals surface area contributed by atoms with Crippen LogP contribution < -0.4 is 4.90 Å². The highest BCUT2D eigenvalue weighted by Crippen LogP contribution is 2.55. The first-order valence-corrected chi connectivity index (χ1v) is 6.59. The Labute approximate surface area is 106 Å². The van der Waals surface area contributed by atoms with E-state index >= 15 is 0 Å². The average molecular weight is 241 g/mol. The highest BCUT2D eigenvalue weighted by atomic mass is 16.3. The number of pyridine rings is 1. The van der Waals surface area contributed by atoms with Gasteiger partial charge in [0, 0.05) is 12.7 Å². The van der Waals surface area contributed by atoms with Gasteiger partial charge < -0.3 is 10.0 Å². The van der Waals surface area contributed by atoms with Crippen molar-refractivity contribution in [2.75, 3.05) is 11.4 Å². The fraction of sp³-hybridized carbons (Fsp3) is 0.571. The Balaban J connectivity index is 1.68. The van der Waals surface area contributed by atoms with Crippen molar-refractivity contribution in [3.63, 3.8) is 0 Å². The zero-order valence-corrected chi connectivity index (χ0v) is 10.0. The van der Waals surface area contributed by atoms with Crippen molar-refractivity contribution < 1.29 is 5.11 Å². The smallest absolute Gasteiger partial charge is 0.128 e. The number of hydrogen-bond donors (Lipinski definition) is 1. The maximum Gasteiger partial charge on any atom is 0.128 e. The molecule has 2 heterocycles. The van der Waals surface area contributed by atoms with Crippen molar-refractivity contribution in [1.82, 2.24) is 4.98 Å². The Kier molecular flexibility index (Phi) is 1.98. The minimum atomic E-state index is -0.189. The van der Waals surface area contributed by atoms with Crippen molar-refractivity contribution in [2.24, 2.45) is 17.8 Å². The Morgan fingerprint density at radius 2 is 2.22 bits per heavy atom. The molecule has 92 valence electrons. The van der Waals surface area contributed by atoms with Crippen LogP contribution in [-0.4, -0.2) is 28.8 Å². The molecule has 1 N–H and O–H groups in total. The molecule has 5 atom stereocenters. The van der Waals surface area contributed by atoms with E-state index in [0.29, 0.717) is 17.4 Å². The standard InChI is InChI=1S/C14H15N3O/c15-5-8-1-2-12(16-6-8)17-7-10-3-9-4-11(10)13(17)14(9)18/h1-2,6,9-11,13-14,18H,3-4,7H2/t9-,10-,11+,13+,14-/m0/s1. The third kappa shape index (κ3) is 1.20. The summed E-state index contributed by atoms with van der Waals surface area (Å²) in [6.07, 6.45) is 3.79. The van der Waals surface area contributed by atoms with Crippen LogP contribution in [0.1, 0.15) is 18.4 Å². The van der Waals surface area contributed by atoms with E-state index in [0.717, 1.165) is 18.3 Å². The molecule has 3 fully saturated rings. The summed E-state index contributed by atoms with van der Waals surface area (Å²) in [5, 5.41) is 19.1. The normalized spacial score (nSPS) is 40.2. The van der Waals surface area contributed by atoms with E-state index in [1.54, 1.807) is 12.3 Å². The number of anilines is 1. The molecule has 0 aromatic carbocycles. The quantitative estimate of drug-likeness (QED) is 0.801. The summed E-state index contributed by atoms with van der Waals surface area (Å²) in [5.41, 5.74) is 0.589. The summed E-state index contributed by atoms with van der Waals surface area (Å²) in [7, 11) is 0. The van der Waals surface area contributed by atoms with Gasteiger partial charge in [-0.15, -0.1) is 0 Å². The van der Waals surface area contributed by atoms with Crippen LogP contribution in [-0.2, 0) is 0 Å². The van der Waals surface area contributed by atoms with Gasteiger partial charge in [0.05, 0.1) is 17.7 Å². The van der Waals surface area contributed by atoms with E-state index in [1.807, 2.05) is 6.07 Å². The average Bonchev–Trinajstić information content (AvgIpc) is 3.00. The number of nitriles is 1. The summed E-state index contributed by atoms with van der Waals surface area (Å²) in [6, 6.07) is 6.06. The number of aromatic nitrogens is 1. The first-order valence-electron chi connectivity index (χ1n) is 6.59. The first kappa shape index (κ1) is 10.3. The Hall–Kier alpha value is -1.60. The SMILES string of the molecule is N#Cc1ccc(N2C[C@@H]3C[C@H]4C[C@H]3[C@@H]2[C@H]4O)nc1. The molecule has 3 aliphatic rings. The lowest BCUT2D eigenvalue weighted by Gasteiger charge is -2.29.